The van der Waals surface area contributed by atoms with Crippen molar-refractivity contribution >= 4 is 11.9 Å². The topological polar surface area (TPSA) is 56.7 Å². The van der Waals surface area contributed by atoms with Crippen LogP contribution < -0.4 is 10.6 Å². The van der Waals surface area contributed by atoms with Gasteiger partial charge in [0.15, 0.2) is 5.96 Å². The molecule has 1 aliphatic carbocycles. The van der Waals surface area contributed by atoms with E-state index in [1.807, 2.05) is 0 Å². The van der Waals surface area contributed by atoms with Gasteiger partial charge in [-0.3, -0.25) is 9.79 Å². The van der Waals surface area contributed by atoms with Gasteiger partial charge in [-0.15, -0.1) is 0 Å². The van der Waals surface area contributed by atoms with Crippen molar-refractivity contribution in [2.45, 2.75) is 49.7 Å². The van der Waals surface area contributed by atoms with Crippen LogP contribution in [-0.2, 0) is 16.4 Å². The van der Waals surface area contributed by atoms with Gasteiger partial charge in [-0.1, -0.05) is 24.6 Å². The molecule has 0 radical (unpaired) electrons. The summed E-state index contributed by atoms with van der Waals surface area (Å²) in [4.78, 5) is 17.6. The molecule has 1 aliphatic heterocycles. The second-order valence-electron chi connectivity index (χ2n) is 7.79. The molecule has 0 bridgehead atoms. The number of hydrogen-bond donors (Lipinski definition) is 2. The van der Waals surface area contributed by atoms with Gasteiger partial charge in [-0.25, -0.2) is 0 Å². The van der Waals surface area contributed by atoms with E-state index in [2.05, 4.69) is 15.6 Å². The highest BCUT2D eigenvalue weighted by atomic mass is 19.4. The molecule has 8 heteroatoms. The smallest absolute Gasteiger partial charge is 0.356 e. The fourth-order valence-electron chi connectivity index (χ4n) is 3.97. The summed E-state index contributed by atoms with van der Waals surface area (Å²) in [7, 11) is 3.45. The van der Waals surface area contributed by atoms with E-state index in [0.29, 0.717) is 25.5 Å². The summed E-state index contributed by atoms with van der Waals surface area (Å²) in [5.41, 5.74) is -0.189. The maximum Gasteiger partial charge on any atom is 0.416 e. The van der Waals surface area contributed by atoms with Crippen LogP contribution in [-0.4, -0.2) is 50.0 Å². The molecule has 1 aromatic rings. The Morgan fingerprint density at radius 2 is 2.11 bits per heavy atom. The zero-order valence-corrected chi connectivity index (χ0v) is 16.3. The number of halogens is 3. The summed E-state index contributed by atoms with van der Waals surface area (Å²) < 4.78 is 39.3. The predicted octanol–water partition coefficient (Wildman–Crippen LogP) is 2.91. The molecule has 0 aromatic heterocycles. The number of hydrogen-bond acceptors (Lipinski definition) is 2. The van der Waals surface area contributed by atoms with Crippen molar-refractivity contribution in [3.05, 3.63) is 35.4 Å². The van der Waals surface area contributed by atoms with E-state index < -0.39 is 11.7 Å². The lowest BCUT2D eigenvalue weighted by atomic mass is 9.64. The number of carbonyl (C=O) groups excluding carboxylic acids is 1. The quantitative estimate of drug-likeness (QED) is 0.608. The number of benzene rings is 1. The zero-order chi connectivity index (χ0) is 20.4. The number of nitrogens with one attached hydrogen (secondary N) is 2. The molecule has 2 N–H and O–H groups in total. The van der Waals surface area contributed by atoms with Crippen LogP contribution in [0.2, 0.25) is 0 Å². The van der Waals surface area contributed by atoms with Crippen LogP contribution in [0.5, 0.6) is 0 Å². The summed E-state index contributed by atoms with van der Waals surface area (Å²) >= 11 is 0. The highest BCUT2D eigenvalue weighted by Gasteiger charge is 2.40. The van der Waals surface area contributed by atoms with Gasteiger partial charge in [0.1, 0.15) is 0 Å². The van der Waals surface area contributed by atoms with Gasteiger partial charge in [-0.2, -0.15) is 13.2 Å². The number of rotatable bonds is 4. The maximum atomic E-state index is 13.1. The van der Waals surface area contributed by atoms with E-state index in [1.165, 1.54) is 12.1 Å². The number of carbonyl (C=O) groups is 1. The molecule has 28 heavy (non-hydrogen) atoms. The van der Waals surface area contributed by atoms with Crippen LogP contribution in [0.3, 0.4) is 0 Å². The van der Waals surface area contributed by atoms with Gasteiger partial charge in [0.05, 0.1) is 5.56 Å². The molecule has 0 spiro atoms. The van der Waals surface area contributed by atoms with E-state index >= 15 is 0 Å². The molecular formula is C20H27F3N4O. The number of likely N-dealkylation sites (N-methyl/N-ethyl adjacent to an activating group) is 1. The first-order valence-electron chi connectivity index (χ1n) is 9.62. The van der Waals surface area contributed by atoms with Gasteiger partial charge in [0.2, 0.25) is 5.91 Å². The Kier molecular flexibility index (Phi) is 5.86. The number of alkyl halides is 3. The van der Waals surface area contributed by atoms with Gasteiger partial charge < -0.3 is 15.5 Å². The fraction of sp³-hybridized carbons (Fsp3) is 0.600. The highest BCUT2D eigenvalue weighted by molar-refractivity contribution is 5.81. The van der Waals surface area contributed by atoms with Crippen molar-refractivity contribution in [2.24, 2.45) is 4.99 Å². The third-order valence-corrected chi connectivity index (χ3v) is 5.90. The van der Waals surface area contributed by atoms with E-state index in [9.17, 15) is 18.0 Å². The molecule has 1 saturated heterocycles. The number of guanidine groups is 1. The Morgan fingerprint density at radius 1 is 1.36 bits per heavy atom. The highest BCUT2D eigenvalue weighted by Crippen LogP contribution is 2.44. The second-order valence-corrected chi connectivity index (χ2v) is 7.79. The number of amides is 1. The molecule has 1 heterocycles. The van der Waals surface area contributed by atoms with E-state index in [-0.39, 0.29) is 17.4 Å². The molecule has 1 saturated carbocycles. The van der Waals surface area contributed by atoms with Gasteiger partial charge in [0, 0.05) is 45.1 Å². The predicted molar refractivity (Wildman–Crippen MR) is 102 cm³/mol. The first-order chi connectivity index (χ1) is 13.2. The molecule has 1 amide bonds. The van der Waals surface area contributed by atoms with Crippen LogP contribution >= 0.6 is 0 Å². The van der Waals surface area contributed by atoms with Crippen molar-refractivity contribution < 1.29 is 18.0 Å². The lowest BCUT2D eigenvalue weighted by molar-refractivity contribution is -0.137. The SMILES string of the molecule is CN=C(NCC1(c2cccc(C(F)(F)F)c2)CCC1)NC1CCC(=O)N(C)C1. The summed E-state index contributed by atoms with van der Waals surface area (Å²) in [6.07, 6.45) is -0.407. The lowest BCUT2D eigenvalue weighted by Crippen LogP contribution is -2.54. The number of nitrogens with zero attached hydrogens (tertiary/aromatic N) is 2. The fourth-order valence-corrected chi connectivity index (χ4v) is 3.97. The maximum absolute atomic E-state index is 13.1. The molecule has 5 nitrogen and oxygen atoms in total. The molecule has 2 aliphatic rings. The largest absolute Gasteiger partial charge is 0.416 e. The third kappa shape index (κ3) is 4.42. The average molecular weight is 396 g/mol. The normalized spacial score (nSPS) is 22.6. The summed E-state index contributed by atoms with van der Waals surface area (Å²) in [5.74, 6) is 0.755. The molecule has 1 atom stereocenters. The Morgan fingerprint density at radius 3 is 2.68 bits per heavy atom. The molecule has 2 fully saturated rings. The summed E-state index contributed by atoms with van der Waals surface area (Å²) in [5, 5.41) is 6.63. The summed E-state index contributed by atoms with van der Waals surface area (Å²) in [6.45, 7) is 1.13. The van der Waals surface area contributed by atoms with Crippen molar-refractivity contribution in [1.29, 1.82) is 0 Å². The Bertz CT molecular complexity index is 743. The van der Waals surface area contributed by atoms with E-state index in [4.69, 9.17) is 0 Å². The van der Waals surface area contributed by atoms with Gasteiger partial charge in [-0.05, 0) is 30.9 Å². The van der Waals surface area contributed by atoms with Gasteiger partial charge in [0.25, 0.3) is 0 Å². The monoisotopic (exact) mass is 396 g/mol. The van der Waals surface area contributed by atoms with Crippen LogP contribution in [0.25, 0.3) is 0 Å². The van der Waals surface area contributed by atoms with Crippen LogP contribution in [0, 0.1) is 0 Å². The van der Waals surface area contributed by atoms with E-state index in [1.54, 1.807) is 25.1 Å². The molecule has 3 rings (SSSR count). The van der Waals surface area contributed by atoms with E-state index in [0.717, 1.165) is 37.3 Å². The van der Waals surface area contributed by atoms with Crippen molar-refractivity contribution in [3.8, 4) is 0 Å². The standard InChI is InChI=1S/C20H27F3N4O/c1-24-18(26-16-7-8-17(28)27(2)12-16)25-13-19(9-4-10-19)14-5-3-6-15(11-14)20(21,22)23/h3,5-6,11,16H,4,7-10,12-13H2,1-2H3,(H2,24,25,26). The van der Waals surface area contributed by atoms with Crippen molar-refractivity contribution in [1.82, 2.24) is 15.5 Å². The average Bonchev–Trinajstić information content (AvgIpc) is 2.62. The summed E-state index contributed by atoms with van der Waals surface area (Å²) in [6, 6.07) is 5.78. The van der Waals surface area contributed by atoms with Crippen LogP contribution in [0.1, 0.15) is 43.2 Å². The molecule has 154 valence electrons. The lowest BCUT2D eigenvalue weighted by Gasteiger charge is -2.43. The number of piperidine rings is 1. The molecule has 1 unspecified atom stereocenters. The minimum Gasteiger partial charge on any atom is -0.356 e. The first kappa shape index (κ1) is 20.5. The van der Waals surface area contributed by atoms with Crippen molar-refractivity contribution in [3.63, 3.8) is 0 Å². The minimum atomic E-state index is -4.34. The molecular weight excluding hydrogens is 369 g/mol. The minimum absolute atomic E-state index is 0.111. The first-order valence-corrected chi connectivity index (χ1v) is 9.62. The number of likely N-dealkylation sites (tertiary alicyclic amines) is 1. The Labute approximate surface area is 163 Å². The van der Waals surface area contributed by atoms with Crippen LogP contribution in [0.4, 0.5) is 13.2 Å². The van der Waals surface area contributed by atoms with Crippen molar-refractivity contribution in [2.75, 3.05) is 27.2 Å². The second kappa shape index (κ2) is 8.01. The zero-order valence-electron chi connectivity index (χ0n) is 16.3. The van der Waals surface area contributed by atoms with Crippen LogP contribution in [0.15, 0.2) is 29.3 Å². The Balaban J connectivity index is 1.65. The third-order valence-electron chi connectivity index (χ3n) is 5.90. The van der Waals surface area contributed by atoms with Gasteiger partial charge >= 0.3 is 6.18 Å². The Hall–Kier alpha value is -2.25. The molecule has 1 aromatic carbocycles. The number of aliphatic imine (C=N–C) groups is 1.